The molecule has 0 aliphatic rings. The summed E-state index contributed by atoms with van der Waals surface area (Å²) in [6.07, 6.45) is 0. The lowest BCUT2D eigenvalue weighted by atomic mass is 10.2. The van der Waals surface area contributed by atoms with E-state index in [2.05, 4.69) is 5.32 Å². The Balaban J connectivity index is 2.66. The molecule has 6 nitrogen and oxygen atoms in total. The number of para-hydroxylation sites is 1. The number of hydrogen-bond acceptors (Lipinski definition) is 4. The third-order valence-corrected chi connectivity index (χ3v) is 2.67. The van der Waals surface area contributed by atoms with Gasteiger partial charge in [0, 0.05) is 20.6 Å². The summed E-state index contributed by atoms with van der Waals surface area (Å²) in [4.78, 5) is 24.7. The molecule has 0 aliphatic carbocycles. The lowest BCUT2D eigenvalue weighted by Gasteiger charge is -2.20. The Kier molecular flexibility index (Phi) is 6.20. The van der Waals surface area contributed by atoms with E-state index in [1.165, 1.54) is 18.9 Å². The minimum Gasteiger partial charge on any atom is -0.383 e. The summed E-state index contributed by atoms with van der Waals surface area (Å²) in [6.45, 7) is 2.03. The quantitative estimate of drug-likeness (QED) is 0.839. The first-order valence-corrected chi connectivity index (χ1v) is 6.12. The van der Waals surface area contributed by atoms with Crippen LogP contribution in [0.4, 0.5) is 5.69 Å². The van der Waals surface area contributed by atoms with Gasteiger partial charge in [-0.25, -0.2) is 0 Å². The molecule has 106 valence electrons. The van der Waals surface area contributed by atoms with Gasteiger partial charge < -0.3 is 15.0 Å². The molecule has 0 fully saturated rings. The number of nitrogens with one attached hydrogen (secondary N) is 1. The number of rotatable bonds is 6. The van der Waals surface area contributed by atoms with Gasteiger partial charge in [-0.15, -0.1) is 0 Å². The molecular formula is C14H17N3O3. The fourth-order valence-corrected chi connectivity index (χ4v) is 1.60. The van der Waals surface area contributed by atoms with Crippen molar-refractivity contribution >= 4 is 17.5 Å². The number of nitrogens with zero attached hydrogens (tertiary/aromatic N) is 2. The molecule has 0 radical (unpaired) electrons. The van der Waals surface area contributed by atoms with E-state index in [0.717, 1.165) is 0 Å². The number of carbonyl (C=O) groups is 2. The number of hydrogen-bond donors (Lipinski definition) is 1. The van der Waals surface area contributed by atoms with Crippen LogP contribution in [0.1, 0.15) is 12.5 Å². The highest BCUT2D eigenvalue weighted by molar-refractivity contribution is 5.95. The fourth-order valence-electron chi connectivity index (χ4n) is 1.60. The van der Waals surface area contributed by atoms with Crippen molar-refractivity contribution in [1.82, 2.24) is 4.90 Å². The molecular weight excluding hydrogens is 258 g/mol. The lowest BCUT2D eigenvalue weighted by molar-refractivity contribution is -0.133. The third-order valence-electron chi connectivity index (χ3n) is 2.67. The predicted molar refractivity (Wildman–Crippen MR) is 73.9 cm³/mol. The van der Waals surface area contributed by atoms with E-state index < -0.39 is 0 Å². The topological polar surface area (TPSA) is 82.4 Å². The third kappa shape index (κ3) is 4.71. The second-order valence-electron chi connectivity index (χ2n) is 4.14. The van der Waals surface area contributed by atoms with Crippen molar-refractivity contribution in [3.05, 3.63) is 29.8 Å². The molecule has 0 atom stereocenters. The highest BCUT2D eigenvalue weighted by Crippen LogP contribution is 2.13. The Morgan fingerprint density at radius 2 is 2.10 bits per heavy atom. The fraction of sp³-hybridized carbons (Fsp3) is 0.357. The number of ether oxygens (including phenoxy) is 1. The zero-order valence-corrected chi connectivity index (χ0v) is 11.5. The Morgan fingerprint density at radius 3 is 2.70 bits per heavy atom. The zero-order chi connectivity index (χ0) is 15.0. The van der Waals surface area contributed by atoms with Crippen molar-refractivity contribution in [2.45, 2.75) is 6.92 Å². The summed E-state index contributed by atoms with van der Waals surface area (Å²) >= 11 is 0. The van der Waals surface area contributed by atoms with Crippen molar-refractivity contribution in [2.24, 2.45) is 0 Å². The van der Waals surface area contributed by atoms with Crippen molar-refractivity contribution < 1.29 is 14.3 Å². The second kappa shape index (κ2) is 7.92. The van der Waals surface area contributed by atoms with Gasteiger partial charge in [0.25, 0.3) is 0 Å². The Morgan fingerprint density at radius 1 is 1.40 bits per heavy atom. The average molecular weight is 275 g/mol. The molecule has 0 spiro atoms. The van der Waals surface area contributed by atoms with Crippen LogP contribution in [0.5, 0.6) is 0 Å². The minimum absolute atomic E-state index is 0.0710. The number of methoxy groups -OCH3 is 1. The van der Waals surface area contributed by atoms with Crippen LogP contribution in [-0.2, 0) is 14.3 Å². The molecule has 0 aromatic heterocycles. The summed E-state index contributed by atoms with van der Waals surface area (Å²) in [5.41, 5.74) is 0.822. The van der Waals surface area contributed by atoms with Crippen molar-refractivity contribution in [3.63, 3.8) is 0 Å². The standard InChI is InChI=1S/C14H17N3O3/c1-11(18)17(7-8-20-2)10-14(19)16-13-6-4-3-5-12(13)9-15/h3-6H,7-8,10H2,1-2H3,(H,16,19). The van der Waals surface area contributed by atoms with Crippen LogP contribution in [0, 0.1) is 11.3 Å². The normalized spacial score (nSPS) is 9.65. The smallest absolute Gasteiger partial charge is 0.244 e. The maximum atomic E-state index is 11.9. The summed E-state index contributed by atoms with van der Waals surface area (Å²) in [6, 6.07) is 8.70. The van der Waals surface area contributed by atoms with Crippen LogP contribution in [0.15, 0.2) is 24.3 Å². The van der Waals surface area contributed by atoms with Gasteiger partial charge >= 0.3 is 0 Å². The van der Waals surface area contributed by atoms with Crippen LogP contribution in [-0.4, -0.2) is 43.5 Å². The molecule has 1 aromatic rings. The number of anilines is 1. The van der Waals surface area contributed by atoms with E-state index in [1.807, 2.05) is 6.07 Å². The van der Waals surface area contributed by atoms with Gasteiger partial charge in [-0.2, -0.15) is 5.26 Å². The van der Waals surface area contributed by atoms with Crippen molar-refractivity contribution in [1.29, 1.82) is 5.26 Å². The van der Waals surface area contributed by atoms with Crippen molar-refractivity contribution in [3.8, 4) is 6.07 Å². The number of nitriles is 1. The summed E-state index contributed by atoms with van der Waals surface area (Å²) in [7, 11) is 1.53. The Hall–Kier alpha value is -2.39. The van der Waals surface area contributed by atoms with Gasteiger partial charge in [0.15, 0.2) is 0 Å². The number of benzene rings is 1. The maximum absolute atomic E-state index is 11.9. The van der Waals surface area contributed by atoms with Crippen LogP contribution in [0.3, 0.4) is 0 Å². The van der Waals surface area contributed by atoms with Gasteiger partial charge in [0.2, 0.25) is 11.8 Å². The first-order chi connectivity index (χ1) is 9.58. The highest BCUT2D eigenvalue weighted by Gasteiger charge is 2.14. The van der Waals surface area contributed by atoms with E-state index in [4.69, 9.17) is 10.00 Å². The number of amides is 2. The van der Waals surface area contributed by atoms with Gasteiger partial charge in [-0.3, -0.25) is 9.59 Å². The zero-order valence-electron chi connectivity index (χ0n) is 11.5. The highest BCUT2D eigenvalue weighted by atomic mass is 16.5. The maximum Gasteiger partial charge on any atom is 0.244 e. The monoisotopic (exact) mass is 275 g/mol. The molecule has 2 amide bonds. The summed E-state index contributed by atoms with van der Waals surface area (Å²) in [5, 5.41) is 11.6. The minimum atomic E-state index is -0.348. The molecule has 0 saturated heterocycles. The van der Waals surface area contributed by atoms with E-state index in [-0.39, 0.29) is 18.4 Å². The summed E-state index contributed by atoms with van der Waals surface area (Å²) < 4.78 is 4.89. The first kappa shape index (κ1) is 15.7. The van der Waals surface area contributed by atoms with Crippen LogP contribution >= 0.6 is 0 Å². The van der Waals surface area contributed by atoms with Gasteiger partial charge in [0.05, 0.1) is 24.4 Å². The SMILES string of the molecule is COCCN(CC(=O)Nc1ccccc1C#N)C(C)=O. The molecule has 0 aliphatic heterocycles. The summed E-state index contributed by atoms with van der Waals surface area (Å²) in [5.74, 6) is -0.551. The lowest BCUT2D eigenvalue weighted by Crippen LogP contribution is -2.38. The first-order valence-electron chi connectivity index (χ1n) is 6.12. The molecule has 0 unspecified atom stereocenters. The van der Waals surface area contributed by atoms with Gasteiger partial charge in [0.1, 0.15) is 6.07 Å². The Labute approximate surface area is 117 Å². The van der Waals surface area contributed by atoms with Gasteiger partial charge in [-0.1, -0.05) is 12.1 Å². The van der Waals surface area contributed by atoms with Gasteiger partial charge in [-0.05, 0) is 12.1 Å². The number of carbonyl (C=O) groups excluding carboxylic acids is 2. The van der Waals surface area contributed by atoms with Crippen molar-refractivity contribution in [2.75, 3.05) is 32.1 Å². The molecule has 6 heteroatoms. The van der Waals surface area contributed by atoms with Crippen LogP contribution in [0.25, 0.3) is 0 Å². The van der Waals surface area contributed by atoms with E-state index in [9.17, 15) is 9.59 Å². The largest absolute Gasteiger partial charge is 0.383 e. The van der Waals surface area contributed by atoms with Crippen LogP contribution in [0.2, 0.25) is 0 Å². The Bertz CT molecular complexity index is 523. The molecule has 1 rings (SSSR count). The predicted octanol–water partition coefficient (Wildman–Crippen LogP) is 0.992. The molecule has 0 saturated carbocycles. The average Bonchev–Trinajstić information content (AvgIpc) is 2.43. The second-order valence-corrected chi connectivity index (χ2v) is 4.14. The van der Waals surface area contributed by atoms with E-state index in [0.29, 0.717) is 24.4 Å². The van der Waals surface area contributed by atoms with Crippen LogP contribution < -0.4 is 5.32 Å². The van der Waals surface area contributed by atoms with E-state index >= 15 is 0 Å². The molecule has 0 heterocycles. The molecule has 20 heavy (non-hydrogen) atoms. The molecule has 0 bridgehead atoms. The molecule has 1 aromatic carbocycles. The molecule has 1 N–H and O–H groups in total. The van der Waals surface area contributed by atoms with E-state index in [1.54, 1.807) is 24.3 Å².